The molecule has 0 spiro atoms. The lowest BCUT2D eigenvalue weighted by Crippen LogP contribution is -1.96. The smallest absolute Gasteiger partial charge is 0.143 e. The first-order valence-electron chi connectivity index (χ1n) is 9.34. The van der Waals surface area contributed by atoms with Crippen molar-refractivity contribution in [3.8, 4) is 11.1 Å². The van der Waals surface area contributed by atoms with Crippen LogP contribution in [-0.4, -0.2) is 9.97 Å². The Morgan fingerprint density at radius 3 is 2.37 bits per heavy atom. The van der Waals surface area contributed by atoms with Crippen molar-refractivity contribution in [2.45, 2.75) is 33.1 Å². The molecular formula is C23H23N3S. The van der Waals surface area contributed by atoms with Gasteiger partial charge >= 0.3 is 0 Å². The van der Waals surface area contributed by atoms with Crippen molar-refractivity contribution in [1.29, 1.82) is 0 Å². The molecule has 4 rings (SSSR count). The number of aromatic nitrogens is 2. The lowest BCUT2D eigenvalue weighted by atomic mass is 10.0. The van der Waals surface area contributed by atoms with Gasteiger partial charge in [0.2, 0.25) is 0 Å². The summed E-state index contributed by atoms with van der Waals surface area (Å²) in [7, 11) is 0. The highest BCUT2D eigenvalue weighted by molar-refractivity contribution is 7.17. The van der Waals surface area contributed by atoms with Crippen LogP contribution in [0.2, 0.25) is 0 Å². The van der Waals surface area contributed by atoms with Gasteiger partial charge in [-0.05, 0) is 41.2 Å². The van der Waals surface area contributed by atoms with Crippen LogP contribution in [-0.2, 0) is 6.42 Å². The minimum Gasteiger partial charge on any atom is -0.340 e. The van der Waals surface area contributed by atoms with Crippen LogP contribution in [0, 0.1) is 0 Å². The fourth-order valence-electron chi connectivity index (χ4n) is 3.19. The Bertz CT molecular complexity index is 1050. The van der Waals surface area contributed by atoms with Crippen LogP contribution in [0.1, 0.15) is 37.8 Å². The quantitative estimate of drug-likeness (QED) is 0.418. The van der Waals surface area contributed by atoms with E-state index in [2.05, 4.69) is 90.0 Å². The number of thiophene rings is 1. The molecular weight excluding hydrogens is 350 g/mol. The summed E-state index contributed by atoms with van der Waals surface area (Å²) in [5.74, 6) is 1.38. The molecule has 2 aromatic heterocycles. The van der Waals surface area contributed by atoms with Gasteiger partial charge in [-0.1, -0.05) is 57.2 Å². The van der Waals surface area contributed by atoms with Gasteiger partial charge in [-0.3, -0.25) is 0 Å². The fourth-order valence-corrected chi connectivity index (χ4v) is 4.11. The standard InChI is InChI=1S/C23H23N3S/c1-4-16-5-7-18(8-6-16)20-13-27-23-21(20)22(24-14-25-23)26-19-11-9-17(10-12-19)15(2)3/h5-15H,4H2,1-3H3,(H,24,25,26). The van der Waals surface area contributed by atoms with Crippen molar-refractivity contribution in [2.24, 2.45) is 0 Å². The van der Waals surface area contributed by atoms with Crippen LogP contribution >= 0.6 is 11.3 Å². The number of fused-ring (bicyclic) bond motifs is 1. The first-order chi connectivity index (χ1) is 13.2. The molecule has 1 N–H and O–H groups in total. The lowest BCUT2D eigenvalue weighted by molar-refractivity contribution is 0.867. The predicted molar refractivity (Wildman–Crippen MR) is 116 cm³/mol. The number of benzene rings is 2. The zero-order valence-corrected chi connectivity index (χ0v) is 16.7. The summed E-state index contributed by atoms with van der Waals surface area (Å²) in [5.41, 5.74) is 6.10. The average molecular weight is 374 g/mol. The van der Waals surface area contributed by atoms with Crippen LogP contribution in [0.25, 0.3) is 21.3 Å². The van der Waals surface area contributed by atoms with Crippen molar-refractivity contribution < 1.29 is 0 Å². The second-order valence-corrected chi connectivity index (χ2v) is 7.86. The van der Waals surface area contributed by atoms with Gasteiger partial charge in [0.15, 0.2) is 0 Å². The summed E-state index contributed by atoms with van der Waals surface area (Å²) in [6, 6.07) is 17.3. The van der Waals surface area contributed by atoms with E-state index < -0.39 is 0 Å². The number of rotatable bonds is 5. The fraction of sp³-hybridized carbons (Fsp3) is 0.217. The number of hydrogen-bond donors (Lipinski definition) is 1. The van der Waals surface area contributed by atoms with E-state index in [1.165, 1.54) is 22.3 Å². The SMILES string of the molecule is CCc1ccc(-c2csc3ncnc(Nc4ccc(C(C)C)cc4)c23)cc1. The van der Waals surface area contributed by atoms with Gasteiger partial charge in [-0.15, -0.1) is 11.3 Å². The molecule has 2 aromatic carbocycles. The molecule has 0 fully saturated rings. The zero-order valence-electron chi connectivity index (χ0n) is 15.9. The Kier molecular flexibility index (Phi) is 4.90. The maximum Gasteiger partial charge on any atom is 0.143 e. The zero-order chi connectivity index (χ0) is 18.8. The third-order valence-corrected chi connectivity index (χ3v) is 5.77. The van der Waals surface area contributed by atoms with Crippen LogP contribution in [0.15, 0.2) is 60.2 Å². The van der Waals surface area contributed by atoms with Crippen LogP contribution < -0.4 is 5.32 Å². The molecule has 0 aliphatic rings. The molecule has 0 saturated carbocycles. The summed E-state index contributed by atoms with van der Waals surface area (Å²) in [6.07, 6.45) is 2.68. The predicted octanol–water partition coefficient (Wildman–Crippen LogP) is 6.79. The first-order valence-corrected chi connectivity index (χ1v) is 10.2. The van der Waals surface area contributed by atoms with Gasteiger partial charge in [0.25, 0.3) is 0 Å². The molecule has 2 heterocycles. The average Bonchev–Trinajstić information content (AvgIpc) is 3.14. The molecule has 3 nitrogen and oxygen atoms in total. The van der Waals surface area contributed by atoms with Gasteiger partial charge in [-0.2, -0.15) is 0 Å². The Labute approximate surface area is 164 Å². The van der Waals surface area contributed by atoms with Crippen molar-refractivity contribution in [3.63, 3.8) is 0 Å². The minimum absolute atomic E-state index is 0.527. The van der Waals surface area contributed by atoms with Crippen molar-refractivity contribution in [2.75, 3.05) is 5.32 Å². The Morgan fingerprint density at radius 2 is 1.70 bits per heavy atom. The van der Waals surface area contributed by atoms with E-state index in [0.717, 1.165) is 28.1 Å². The van der Waals surface area contributed by atoms with Gasteiger partial charge in [0.1, 0.15) is 17.0 Å². The number of nitrogens with one attached hydrogen (secondary N) is 1. The maximum atomic E-state index is 4.54. The van der Waals surface area contributed by atoms with E-state index in [4.69, 9.17) is 0 Å². The third-order valence-electron chi connectivity index (χ3n) is 4.88. The number of hydrogen-bond acceptors (Lipinski definition) is 4. The van der Waals surface area contributed by atoms with E-state index in [1.807, 2.05) is 0 Å². The van der Waals surface area contributed by atoms with Crippen molar-refractivity contribution in [1.82, 2.24) is 9.97 Å². The lowest BCUT2D eigenvalue weighted by Gasteiger charge is -2.10. The van der Waals surface area contributed by atoms with E-state index in [1.54, 1.807) is 17.7 Å². The highest BCUT2D eigenvalue weighted by Gasteiger charge is 2.13. The monoisotopic (exact) mass is 373 g/mol. The minimum atomic E-state index is 0.527. The van der Waals surface area contributed by atoms with E-state index in [0.29, 0.717) is 5.92 Å². The molecule has 0 atom stereocenters. The summed E-state index contributed by atoms with van der Waals surface area (Å²) in [6.45, 7) is 6.59. The molecule has 0 aliphatic carbocycles. The molecule has 136 valence electrons. The van der Waals surface area contributed by atoms with Gasteiger partial charge in [-0.25, -0.2) is 9.97 Å². The molecule has 0 amide bonds. The number of anilines is 2. The van der Waals surface area contributed by atoms with Crippen LogP contribution in [0.3, 0.4) is 0 Å². The highest BCUT2D eigenvalue weighted by atomic mass is 32.1. The summed E-state index contributed by atoms with van der Waals surface area (Å²) in [4.78, 5) is 10.0. The first kappa shape index (κ1) is 17.7. The van der Waals surface area contributed by atoms with Crippen molar-refractivity contribution >= 4 is 33.1 Å². The Morgan fingerprint density at radius 1 is 0.963 bits per heavy atom. The van der Waals surface area contributed by atoms with Crippen LogP contribution in [0.5, 0.6) is 0 Å². The largest absolute Gasteiger partial charge is 0.340 e. The van der Waals surface area contributed by atoms with Crippen molar-refractivity contribution in [3.05, 3.63) is 71.4 Å². The van der Waals surface area contributed by atoms with E-state index >= 15 is 0 Å². The molecule has 0 bridgehead atoms. The molecule has 27 heavy (non-hydrogen) atoms. The van der Waals surface area contributed by atoms with E-state index in [-0.39, 0.29) is 0 Å². The van der Waals surface area contributed by atoms with Gasteiger partial charge < -0.3 is 5.32 Å². The van der Waals surface area contributed by atoms with Gasteiger partial charge in [0, 0.05) is 16.6 Å². The second kappa shape index (κ2) is 7.49. The molecule has 0 saturated heterocycles. The summed E-state index contributed by atoms with van der Waals surface area (Å²) < 4.78 is 0. The molecule has 4 aromatic rings. The molecule has 0 aliphatic heterocycles. The molecule has 0 unspecified atom stereocenters. The van der Waals surface area contributed by atoms with E-state index in [9.17, 15) is 0 Å². The third kappa shape index (κ3) is 3.58. The number of nitrogens with zero attached hydrogens (tertiary/aromatic N) is 2. The Hall–Kier alpha value is -2.72. The number of aryl methyl sites for hydroxylation is 1. The summed E-state index contributed by atoms with van der Waals surface area (Å²) >= 11 is 1.66. The maximum absolute atomic E-state index is 4.54. The molecule has 4 heteroatoms. The van der Waals surface area contributed by atoms with Gasteiger partial charge in [0.05, 0.1) is 5.39 Å². The second-order valence-electron chi connectivity index (χ2n) is 7.00. The topological polar surface area (TPSA) is 37.8 Å². The van der Waals surface area contributed by atoms with Crippen LogP contribution in [0.4, 0.5) is 11.5 Å². The summed E-state index contributed by atoms with van der Waals surface area (Å²) in [5, 5.41) is 6.74. The normalized spacial score (nSPS) is 11.3. The molecule has 0 radical (unpaired) electrons. The highest BCUT2D eigenvalue weighted by Crippen LogP contribution is 2.37. The Balaban J connectivity index is 1.73.